The van der Waals surface area contributed by atoms with Crippen LogP contribution in [0.15, 0.2) is 17.9 Å². The highest BCUT2D eigenvalue weighted by atomic mass is 16.8. The molecule has 2 rings (SSSR count). The van der Waals surface area contributed by atoms with Crippen molar-refractivity contribution in [3.63, 3.8) is 0 Å². The quantitative estimate of drug-likeness (QED) is 0.797. The second kappa shape index (κ2) is 7.15. The molecule has 1 heterocycles. The first kappa shape index (κ1) is 19.4. The van der Waals surface area contributed by atoms with Crippen molar-refractivity contribution < 1.29 is 24.2 Å². The first-order valence-electron chi connectivity index (χ1n) is 8.25. The van der Waals surface area contributed by atoms with Gasteiger partial charge in [0.15, 0.2) is 13.1 Å². The number of carbonyl (C=O) groups is 1. The number of methoxy groups -OCH3 is 1. The van der Waals surface area contributed by atoms with Crippen LogP contribution >= 0.6 is 0 Å². The Morgan fingerprint density at radius 1 is 1.20 bits per heavy atom. The summed E-state index contributed by atoms with van der Waals surface area (Å²) in [5, 5.41) is 11.9. The zero-order valence-corrected chi connectivity index (χ0v) is 16.0. The molecular formula is C19H27NO5. The Morgan fingerprint density at radius 2 is 1.76 bits per heavy atom. The molecule has 1 unspecified atom stereocenters. The van der Waals surface area contributed by atoms with Gasteiger partial charge in [-0.25, -0.2) is 9.90 Å². The molecule has 1 amide bonds. The number of ether oxygens (including phenoxy) is 2. The minimum atomic E-state index is -0.990. The third kappa shape index (κ3) is 3.56. The molecule has 0 aliphatic carbocycles. The van der Waals surface area contributed by atoms with E-state index in [2.05, 4.69) is 0 Å². The average molecular weight is 349 g/mol. The maximum Gasteiger partial charge on any atom is 0.282 e. The second-order valence-electron chi connectivity index (χ2n) is 6.87. The Morgan fingerprint density at radius 3 is 2.28 bits per heavy atom. The molecule has 6 heteroatoms. The van der Waals surface area contributed by atoms with Crippen LogP contribution in [0, 0.1) is 20.8 Å². The molecule has 1 aromatic rings. The second-order valence-corrected chi connectivity index (χ2v) is 6.87. The van der Waals surface area contributed by atoms with Crippen LogP contribution < -0.4 is 0 Å². The van der Waals surface area contributed by atoms with E-state index in [1.807, 2.05) is 32.9 Å². The highest BCUT2D eigenvalue weighted by Gasteiger charge is 2.48. The number of rotatable bonds is 6. The fourth-order valence-corrected chi connectivity index (χ4v) is 3.13. The van der Waals surface area contributed by atoms with Crippen molar-refractivity contribution in [2.75, 3.05) is 13.9 Å². The van der Waals surface area contributed by atoms with E-state index in [9.17, 15) is 9.90 Å². The van der Waals surface area contributed by atoms with Gasteiger partial charge in [-0.05, 0) is 58.2 Å². The van der Waals surface area contributed by atoms with Gasteiger partial charge in [-0.3, -0.25) is 4.79 Å². The summed E-state index contributed by atoms with van der Waals surface area (Å²) in [6.45, 7) is 10.9. The number of amides is 1. The van der Waals surface area contributed by atoms with Crippen LogP contribution in [0.3, 0.4) is 0 Å². The van der Waals surface area contributed by atoms with Gasteiger partial charge < -0.3 is 14.6 Å². The molecule has 138 valence electrons. The lowest BCUT2D eigenvalue weighted by Crippen LogP contribution is -2.44. The first-order valence-corrected chi connectivity index (χ1v) is 8.25. The largest absolute Gasteiger partial charge is 0.509 e. The maximum absolute atomic E-state index is 13.0. The number of nitrogens with zero attached hydrogens (tertiary/aromatic N) is 1. The third-order valence-electron chi connectivity index (χ3n) is 4.47. The van der Waals surface area contributed by atoms with Crippen molar-refractivity contribution in [1.82, 2.24) is 5.06 Å². The zero-order chi connectivity index (χ0) is 18.9. The SMILES string of the molecule is COC(C)OCON1C(=O)C(c2c(C)cc(C)cc2C)=C(O)C1(C)C. The molecule has 6 nitrogen and oxygen atoms in total. The molecule has 0 bridgehead atoms. The van der Waals surface area contributed by atoms with Crippen LogP contribution in [-0.4, -0.2) is 41.8 Å². The molecule has 1 N–H and O–H groups in total. The minimum absolute atomic E-state index is 0.00709. The number of carbonyl (C=O) groups excluding carboxylic acids is 1. The summed E-state index contributed by atoms with van der Waals surface area (Å²) in [4.78, 5) is 18.5. The van der Waals surface area contributed by atoms with E-state index in [0.717, 1.165) is 22.3 Å². The Kier molecular flexibility index (Phi) is 5.56. The minimum Gasteiger partial charge on any atom is -0.509 e. The number of aliphatic hydroxyl groups excluding tert-OH is 1. The monoisotopic (exact) mass is 349 g/mol. The number of hydroxylamine groups is 2. The predicted molar refractivity (Wildman–Crippen MR) is 94.6 cm³/mol. The lowest BCUT2D eigenvalue weighted by atomic mass is 9.91. The van der Waals surface area contributed by atoms with Crippen molar-refractivity contribution in [1.29, 1.82) is 0 Å². The van der Waals surface area contributed by atoms with Crippen LogP contribution in [0.1, 0.15) is 43.0 Å². The molecular weight excluding hydrogens is 322 g/mol. The number of hydrogen-bond acceptors (Lipinski definition) is 5. The molecule has 0 radical (unpaired) electrons. The molecule has 25 heavy (non-hydrogen) atoms. The van der Waals surface area contributed by atoms with E-state index in [1.165, 1.54) is 12.2 Å². The van der Waals surface area contributed by atoms with Crippen molar-refractivity contribution in [2.45, 2.75) is 53.4 Å². The summed E-state index contributed by atoms with van der Waals surface area (Å²) < 4.78 is 10.3. The maximum atomic E-state index is 13.0. The molecule has 1 aromatic carbocycles. The summed E-state index contributed by atoms with van der Waals surface area (Å²) in [6, 6.07) is 3.99. The zero-order valence-electron chi connectivity index (χ0n) is 16.0. The number of aliphatic hydroxyl groups is 1. The molecule has 1 atom stereocenters. The van der Waals surface area contributed by atoms with Gasteiger partial charge in [-0.15, -0.1) is 0 Å². The standard InChI is InChI=1S/C19H27NO5/c1-11-8-12(2)15(13(3)9-11)16-17(21)19(5,6)20(18(16)22)25-10-24-14(4)23-7/h8-9,14,21H,10H2,1-7H3. The first-order chi connectivity index (χ1) is 11.6. The van der Waals surface area contributed by atoms with E-state index in [1.54, 1.807) is 20.8 Å². The van der Waals surface area contributed by atoms with Gasteiger partial charge in [0.05, 0.1) is 5.57 Å². The van der Waals surface area contributed by atoms with Gasteiger partial charge in [0, 0.05) is 7.11 Å². The molecule has 0 saturated heterocycles. The summed E-state index contributed by atoms with van der Waals surface area (Å²) in [6.07, 6.45) is -0.455. The lowest BCUT2D eigenvalue weighted by Gasteiger charge is -2.30. The van der Waals surface area contributed by atoms with Gasteiger partial charge in [-0.1, -0.05) is 17.7 Å². The van der Waals surface area contributed by atoms with Crippen LogP contribution in [0.2, 0.25) is 0 Å². The van der Waals surface area contributed by atoms with Gasteiger partial charge in [0.2, 0.25) is 0 Å². The topological polar surface area (TPSA) is 68.2 Å². The lowest BCUT2D eigenvalue weighted by molar-refractivity contribution is -0.271. The summed E-state index contributed by atoms with van der Waals surface area (Å²) in [7, 11) is 1.52. The predicted octanol–water partition coefficient (Wildman–Crippen LogP) is 3.40. The van der Waals surface area contributed by atoms with Crippen LogP contribution in [0.4, 0.5) is 0 Å². The number of benzene rings is 1. The average Bonchev–Trinajstić information content (AvgIpc) is 2.67. The van der Waals surface area contributed by atoms with Crippen LogP contribution in [0.25, 0.3) is 5.57 Å². The van der Waals surface area contributed by atoms with E-state index in [0.29, 0.717) is 0 Å². The smallest absolute Gasteiger partial charge is 0.282 e. The van der Waals surface area contributed by atoms with Gasteiger partial charge in [-0.2, -0.15) is 0 Å². The fraction of sp³-hybridized carbons (Fsp3) is 0.526. The Hall–Kier alpha value is -1.89. The highest BCUT2D eigenvalue weighted by Crippen LogP contribution is 2.40. The van der Waals surface area contributed by atoms with Gasteiger partial charge in [0.1, 0.15) is 11.3 Å². The van der Waals surface area contributed by atoms with Crippen molar-refractivity contribution in [3.8, 4) is 0 Å². The van der Waals surface area contributed by atoms with Crippen molar-refractivity contribution in [3.05, 3.63) is 40.1 Å². The Balaban J connectivity index is 2.35. The number of hydrogen-bond donors (Lipinski definition) is 1. The van der Waals surface area contributed by atoms with Crippen LogP contribution in [-0.2, 0) is 19.1 Å². The van der Waals surface area contributed by atoms with E-state index < -0.39 is 11.8 Å². The van der Waals surface area contributed by atoms with Crippen LogP contribution in [0.5, 0.6) is 0 Å². The molecule has 0 fully saturated rings. The van der Waals surface area contributed by atoms with Crippen molar-refractivity contribution in [2.24, 2.45) is 0 Å². The Bertz CT molecular complexity index is 685. The fourth-order valence-electron chi connectivity index (χ4n) is 3.13. The van der Waals surface area contributed by atoms with Crippen molar-refractivity contribution >= 4 is 11.5 Å². The van der Waals surface area contributed by atoms with E-state index in [4.69, 9.17) is 14.3 Å². The van der Waals surface area contributed by atoms with E-state index in [-0.39, 0.29) is 24.0 Å². The molecule has 0 saturated carbocycles. The summed E-state index contributed by atoms with van der Waals surface area (Å²) in [5.41, 5.74) is 3.02. The molecule has 1 aliphatic heterocycles. The summed E-state index contributed by atoms with van der Waals surface area (Å²) >= 11 is 0. The molecule has 1 aliphatic rings. The van der Waals surface area contributed by atoms with Gasteiger partial charge >= 0.3 is 0 Å². The molecule has 0 spiro atoms. The highest BCUT2D eigenvalue weighted by molar-refractivity contribution is 6.23. The number of aryl methyl sites for hydroxylation is 3. The third-order valence-corrected chi connectivity index (χ3v) is 4.47. The normalized spacial score (nSPS) is 18.2. The summed E-state index contributed by atoms with van der Waals surface area (Å²) in [5.74, 6) is -0.390. The van der Waals surface area contributed by atoms with Gasteiger partial charge in [0.25, 0.3) is 5.91 Å². The van der Waals surface area contributed by atoms with E-state index >= 15 is 0 Å². The Labute approximate surface area is 148 Å². The molecule has 0 aromatic heterocycles.